The van der Waals surface area contributed by atoms with Crippen LogP contribution in [0, 0.1) is 35.1 Å². The molecule has 4 aromatic rings. The Bertz CT molecular complexity index is 2360. The second-order valence-electron chi connectivity index (χ2n) is 16.7. The SMILES string of the molecule is CC(=O)OC[C@H]1O[C@H](c2cccc(Br)c2)[C@@H](OC(C)=O)[C@@H](C)[C@@H]1C.C[Si](C)(C)C#Cc1cc(Cl)cc(Cl)c1.I.OC[C@H]1O[C@H](c2cccc(C#Cc3cc(Cl)cc(Cl)c3)c2)[C@@H](O)[C@@H](O)[C@@H]1O.[HH]. The van der Waals surface area contributed by atoms with E-state index >= 15 is 0 Å². The van der Waals surface area contributed by atoms with Gasteiger partial charge in [0, 0.05) is 62.4 Å². The summed E-state index contributed by atoms with van der Waals surface area (Å²) in [5.41, 5.74) is 6.96. The van der Waals surface area contributed by atoms with Gasteiger partial charge in [0.2, 0.25) is 0 Å². The second-order valence-corrected chi connectivity index (χ2v) is 24.1. The number of hydrogen-bond donors (Lipinski definition) is 4. The number of halogens is 6. The van der Waals surface area contributed by atoms with E-state index in [0.29, 0.717) is 36.8 Å². The molecule has 2 aliphatic heterocycles. The van der Waals surface area contributed by atoms with E-state index in [1.54, 1.807) is 48.5 Å². The Morgan fingerprint density at radius 3 is 1.71 bits per heavy atom. The van der Waals surface area contributed by atoms with E-state index in [2.05, 4.69) is 58.9 Å². The fraction of sp³-hybridized carbons (Fsp3) is 0.388. The van der Waals surface area contributed by atoms with Crippen LogP contribution in [0.1, 0.15) is 69.1 Å². The third-order valence-corrected chi connectivity index (χ3v) is 12.5. The Morgan fingerprint density at radius 2 is 1.20 bits per heavy atom. The van der Waals surface area contributed by atoms with Crippen LogP contribution in [0.25, 0.3) is 0 Å². The number of carbonyl (C=O) groups excluding carboxylic acids is 2. The summed E-state index contributed by atoms with van der Waals surface area (Å²) in [6.45, 7) is 13.2. The smallest absolute Gasteiger partial charge is 0.303 e. The summed E-state index contributed by atoms with van der Waals surface area (Å²) >= 11 is 27.1. The van der Waals surface area contributed by atoms with Gasteiger partial charge in [0.05, 0.1) is 12.7 Å². The Kier molecular flexibility index (Phi) is 23.5. The molecule has 0 spiro atoms. The van der Waals surface area contributed by atoms with Gasteiger partial charge in [-0.25, -0.2) is 0 Å². The molecule has 4 aromatic carbocycles. The van der Waals surface area contributed by atoms with E-state index in [1.807, 2.05) is 50.2 Å². The van der Waals surface area contributed by atoms with E-state index in [4.69, 9.17) is 65.4 Å². The molecule has 6 rings (SSSR count). The minimum Gasteiger partial charge on any atom is -0.463 e. The number of esters is 2. The van der Waals surface area contributed by atoms with E-state index in [-0.39, 0.29) is 68.0 Å². The van der Waals surface area contributed by atoms with Gasteiger partial charge in [-0.2, -0.15) is 0 Å². The molecule has 0 radical (unpaired) electrons. The predicted octanol–water partition coefficient (Wildman–Crippen LogP) is 10.7. The molecule has 17 heteroatoms. The van der Waals surface area contributed by atoms with Gasteiger partial charge in [-0.15, -0.1) is 29.5 Å². The number of rotatable bonds is 6. The summed E-state index contributed by atoms with van der Waals surface area (Å²) in [5, 5.41) is 41.7. The van der Waals surface area contributed by atoms with Crippen LogP contribution < -0.4 is 0 Å². The minimum atomic E-state index is -1.43. The van der Waals surface area contributed by atoms with Crippen LogP contribution >= 0.6 is 86.3 Å². The average Bonchev–Trinajstić information content (AvgIpc) is 3.22. The highest BCUT2D eigenvalue weighted by Crippen LogP contribution is 2.41. The van der Waals surface area contributed by atoms with Crippen molar-refractivity contribution in [2.45, 2.75) is 96.2 Å². The quantitative estimate of drug-likeness (QED) is 0.0636. The maximum absolute atomic E-state index is 11.5. The summed E-state index contributed by atoms with van der Waals surface area (Å²) < 4.78 is 23.4. The molecular weight excluding hydrogens is 1130 g/mol. The Labute approximate surface area is 435 Å². The van der Waals surface area contributed by atoms with E-state index in [1.165, 1.54) is 13.8 Å². The molecule has 2 heterocycles. The van der Waals surface area contributed by atoms with Crippen LogP contribution in [0.3, 0.4) is 0 Å². The van der Waals surface area contributed by atoms with Crippen LogP contribution in [-0.2, 0) is 28.5 Å². The highest BCUT2D eigenvalue weighted by atomic mass is 127. The summed E-state index contributed by atoms with van der Waals surface area (Å²) in [6.07, 6.45) is -7.06. The monoisotopic (exact) mass is 1180 g/mol. The maximum Gasteiger partial charge on any atom is 0.303 e. The molecular formula is C49H56BrCl4IO10Si. The standard InChI is InChI=1S/C20H18Cl2O5.C18H23BrO5.C11H12Cl2Si.HI.H2/c21-14-7-12(8-15(22)9-14)5-4-11-2-1-3-13(6-11)20-19(26)18(25)17(24)16(10-23)27-20;1-10-11(2)17(23-13(4)21)18(14-6-5-7-15(19)8-14)24-16(10)9-22-12(3)20;1-14(2,3)5-4-9-6-10(12)8-11(13)7-9;;/h1-3,6-9,16-20,23-26H,10H2;5-8,10-11,16-18H,9H2,1-4H3;6-8H,1-3H3;2*1H/t16-,17-,18+,19+,20-;10-,11-,16+,17-,18+;;;/m10.../s1. The molecule has 10 atom stereocenters. The van der Waals surface area contributed by atoms with Gasteiger partial charge >= 0.3 is 11.9 Å². The van der Waals surface area contributed by atoms with E-state index in [9.17, 15) is 30.0 Å². The highest BCUT2D eigenvalue weighted by molar-refractivity contribution is 14.0. The number of aliphatic hydroxyl groups is 4. The topological polar surface area (TPSA) is 152 Å². The Balaban J connectivity index is 0.000000356. The van der Waals surface area contributed by atoms with Crippen molar-refractivity contribution in [1.82, 2.24) is 0 Å². The third kappa shape index (κ3) is 18.0. The zero-order valence-electron chi connectivity index (χ0n) is 37.3. The number of hydrogen-bond acceptors (Lipinski definition) is 10. The maximum atomic E-state index is 11.5. The largest absolute Gasteiger partial charge is 0.463 e. The first-order valence-electron chi connectivity index (χ1n) is 20.6. The molecule has 2 aliphatic rings. The summed E-state index contributed by atoms with van der Waals surface area (Å²) in [6, 6.07) is 25.1. The average molecular weight is 1180 g/mol. The zero-order valence-corrected chi connectivity index (χ0v) is 45.2. The van der Waals surface area contributed by atoms with Gasteiger partial charge in [-0.3, -0.25) is 9.59 Å². The van der Waals surface area contributed by atoms with E-state index < -0.39 is 51.3 Å². The molecule has 358 valence electrons. The minimum absolute atomic E-state index is 0. The molecule has 66 heavy (non-hydrogen) atoms. The molecule has 0 aromatic heterocycles. The van der Waals surface area contributed by atoms with Crippen LogP contribution in [-0.4, -0.2) is 90.3 Å². The lowest BCUT2D eigenvalue weighted by Gasteiger charge is -2.44. The lowest BCUT2D eigenvalue weighted by atomic mass is 9.79. The van der Waals surface area contributed by atoms with Gasteiger partial charge in [-0.1, -0.05) is 138 Å². The van der Waals surface area contributed by atoms with Crippen LogP contribution in [0.4, 0.5) is 0 Å². The van der Waals surface area contributed by atoms with Crippen LogP contribution in [0.2, 0.25) is 39.7 Å². The normalized spacial score (nSPS) is 24.4. The Hall–Kier alpha value is -2.71. The van der Waals surface area contributed by atoms with Crippen molar-refractivity contribution in [2.75, 3.05) is 13.2 Å². The van der Waals surface area contributed by atoms with Crippen molar-refractivity contribution in [3.63, 3.8) is 0 Å². The van der Waals surface area contributed by atoms with Gasteiger partial charge < -0.3 is 39.4 Å². The molecule has 10 nitrogen and oxygen atoms in total. The lowest BCUT2D eigenvalue weighted by molar-refractivity contribution is -0.231. The van der Waals surface area contributed by atoms with Crippen molar-refractivity contribution in [2.24, 2.45) is 11.8 Å². The summed E-state index contributed by atoms with van der Waals surface area (Å²) in [7, 11) is -1.32. The first-order chi connectivity index (χ1) is 30.5. The molecule has 2 fully saturated rings. The lowest BCUT2D eigenvalue weighted by Crippen LogP contribution is -2.55. The molecule has 0 amide bonds. The Morgan fingerprint density at radius 1 is 0.682 bits per heavy atom. The summed E-state index contributed by atoms with van der Waals surface area (Å²) in [5.74, 6) is 8.54. The van der Waals surface area contributed by atoms with Crippen LogP contribution in [0.5, 0.6) is 0 Å². The second kappa shape index (κ2) is 26.9. The molecule has 0 saturated carbocycles. The fourth-order valence-corrected chi connectivity index (χ4v) is 8.82. The fourth-order valence-electron chi connectivity index (χ4n) is 6.83. The van der Waals surface area contributed by atoms with E-state index in [0.717, 1.165) is 15.6 Å². The van der Waals surface area contributed by atoms with Crippen molar-refractivity contribution in [3.8, 4) is 23.3 Å². The first kappa shape index (κ1) is 57.6. The third-order valence-electron chi connectivity index (χ3n) is 10.2. The molecule has 0 bridgehead atoms. The van der Waals surface area contributed by atoms with Gasteiger partial charge in [0.25, 0.3) is 0 Å². The van der Waals surface area contributed by atoms with Crippen molar-refractivity contribution < 1.29 is 50.4 Å². The van der Waals surface area contributed by atoms with Crippen molar-refractivity contribution in [1.29, 1.82) is 0 Å². The number of benzene rings is 4. The molecule has 0 aliphatic carbocycles. The first-order valence-corrected chi connectivity index (χ1v) is 26.4. The van der Waals surface area contributed by atoms with Gasteiger partial charge in [0.1, 0.15) is 57.4 Å². The van der Waals surface area contributed by atoms with Crippen molar-refractivity contribution >= 4 is 106 Å². The number of carbonyl (C=O) groups is 2. The van der Waals surface area contributed by atoms with Gasteiger partial charge in [0.15, 0.2) is 0 Å². The van der Waals surface area contributed by atoms with Crippen molar-refractivity contribution in [3.05, 3.63) is 137 Å². The summed E-state index contributed by atoms with van der Waals surface area (Å²) in [4.78, 5) is 22.7. The molecule has 2 saturated heterocycles. The number of aliphatic hydroxyl groups excluding tert-OH is 4. The zero-order chi connectivity index (χ0) is 48.2. The van der Waals surface area contributed by atoms with Crippen LogP contribution in [0.15, 0.2) is 89.4 Å². The number of ether oxygens (including phenoxy) is 4. The van der Waals surface area contributed by atoms with Gasteiger partial charge in [-0.05, 0) is 77.7 Å². The molecule has 0 unspecified atom stereocenters. The molecule has 4 N–H and O–H groups in total. The predicted molar refractivity (Wildman–Crippen MR) is 278 cm³/mol. The highest BCUT2D eigenvalue weighted by Gasteiger charge is 2.45.